The molecule has 3 rings (SSSR count). The van der Waals surface area contributed by atoms with Gasteiger partial charge >= 0.3 is 0 Å². The maximum atomic E-state index is 5.68. The van der Waals surface area contributed by atoms with Gasteiger partial charge in [-0.05, 0) is 30.4 Å². The molecule has 1 unspecified atom stereocenters. The summed E-state index contributed by atoms with van der Waals surface area (Å²) >= 11 is 1.69. The molecule has 3 heteroatoms. The van der Waals surface area contributed by atoms with Gasteiger partial charge in [-0.3, -0.25) is 0 Å². The second kappa shape index (κ2) is 3.91. The number of nitrogens with two attached hydrogens (primary N) is 1. The Balaban J connectivity index is 1.88. The minimum Gasteiger partial charge on any atom is -0.383 e. The van der Waals surface area contributed by atoms with Crippen LogP contribution in [0.3, 0.4) is 0 Å². The molecule has 1 aromatic heterocycles. The zero-order chi connectivity index (χ0) is 11.0. The monoisotopic (exact) mass is 230 g/mol. The lowest BCUT2D eigenvalue weighted by atomic mass is 9.84. The van der Waals surface area contributed by atoms with Gasteiger partial charge in [0.15, 0.2) is 0 Å². The first-order valence-electron chi connectivity index (χ1n) is 5.60. The number of hydrogen-bond acceptors (Lipinski definition) is 3. The summed E-state index contributed by atoms with van der Waals surface area (Å²) in [5.74, 6) is 1.23. The molecule has 1 heterocycles. The van der Waals surface area contributed by atoms with Crippen LogP contribution in [0.1, 0.15) is 28.5 Å². The van der Waals surface area contributed by atoms with Crippen LogP contribution < -0.4 is 5.73 Å². The van der Waals surface area contributed by atoms with Crippen molar-refractivity contribution < 1.29 is 0 Å². The van der Waals surface area contributed by atoms with Crippen LogP contribution >= 0.6 is 11.3 Å². The lowest BCUT2D eigenvalue weighted by Gasteiger charge is -2.22. The van der Waals surface area contributed by atoms with Crippen LogP contribution in [0.5, 0.6) is 0 Å². The van der Waals surface area contributed by atoms with E-state index in [0.29, 0.717) is 11.7 Å². The van der Waals surface area contributed by atoms with Crippen molar-refractivity contribution in [2.75, 3.05) is 5.73 Å². The summed E-state index contributed by atoms with van der Waals surface area (Å²) in [7, 11) is 0. The van der Waals surface area contributed by atoms with E-state index in [0.717, 1.165) is 6.42 Å². The fraction of sp³-hybridized carbons (Fsp3) is 0.308. The molecule has 2 nitrogen and oxygen atoms in total. The maximum Gasteiger partial charge on any atom is 0.134 e. The Morgan fingerprint density at radius 2 is 2.06 bits per heavy atom. The highest BCUT2D eigenvalue weighted by atomic mass is 32.1. The van der Waals surface area contributed by atoms with Crippen LogP contribution in [0.25, 0.3) is 0 Å². The van der Waals surface area contributed by atoms with E-state index in [1.165, 1.54) is 29.0 Å². The lowest BCUT2D eigenvalue weighted by molar-refractivity contribution is 0.582. The molecule has 0 fully saturated rings. The molecule has 0 saturated carbocycles. The highest BCUT2D eigenvalue weighted by molar-refractivity contribution is 7.10. The Bertz CT molecular complexity index is 504. The minimum atomic E-state index is 0.567. The zero-order valence-electron chi connectivity index (χ0n) is 9.02. The third kappa shape index (κ3) is 1.71. The van der Waals surface area contributed by atoms with Gasteiger partial charge in [0.1, 0.15) is 5.82 Å². The average Bonchev–Trinajstić information content (AvgIpc) is 2.75. The molecule has 1 aliphatic carbocycles. The number of fused-ring (bicyclic) bond motifs is 1. The van der Waals surface area contributed by atoms with Crippen LogP contribution in [0.2, 0.25) is 0 Å². The predicted molar refractivity (Wildman–Crippen MR) is 67.7 cm³/mol. The third-order valence-electron chi connectivity index (χ3n) is 3.24. The summed E-state index contributed by atoms with van der Waals surface area (Å²) in [6.45, 7) is 0. The number of aryl methyl sites for hydroxylation is 1. The number of anilines is 1. The van der Waals surface area contributed by atoms with Gasteiger partial charge in [-0.25, -0.2) is 4.98 Å². The summed E-state index contributed by atoms with van der Waals surface area (Å²) < 4.78 is 0. The minimum absolute atomic E-state index is 0.567. The van der Waals surface area contributed by atoms with Gasteiger partial charge in [-0.1, -0.05) is 24.3 Å². The Hall–Kier alpha value is -1.35. The molecular weight excluding hydrogens is 216 g/mol. The van der Waals surface area contributed by atoms with E-state index in [1.54, 1.807) is 11.3 Å². The first kappa shape index (κ1) is 9.85. The molecule has 0 aliphatic heterocycles. The van der Waals surface area contributed by atoms with Crippen molar-refractivity contribution in [1.29, 1.82) is 0 Å². The van der Waals surface area contributed by atoms with Crippen LogP contribution in [-0.2, 0) is 12.8 Å². The highest BCUT2D eigenvalue weighted by Gasteiger charge is 2.21. The van der Waals surface area contributed by atoms with Crippen molar-refractivity contribution in [2.24, 2.45) is 0 Å². The Morgan fingerprint density at radius 1 is 1.25 bits per heavy atom. The van der Waals surface area contributed by atoms with E-state index < -0.39 is 0 Å². The molecule has 0 spiro atoms. The SMILES string of the molecule is Nc1csc(C2CCc3ccccc3C2)n1. The highest BCUT2D eigenvalue weighted by Crippen LogP contribution is 2.34. The number of nitrogen functional groups attached to an aromatic ring is 1. The second-order valence-electron chi connectivity index (χ2n) is 4.32. The summed E-state index contributed by atoms with van der Waals surface area (Å²) in [5, 5.41) is 3.14. The number of benzene rings is 1. The van der Waals surface area contributed by atoms with Crippen molar-refractivity contribution in [1.82, 2.24) is 4.98 Å². The van der Waals surface area contributed by atoms with Crippen molar-refractivity contribution in [3.63, 3.8) is 0 Å². The standard InChI is InChI=1S/C13H14N2S/c14-12-8-16-13(15-12)11-6-5-9-3-1-2-4-10(9)7-11/h1-4,8,11H,5-7,14H2. The smallest absolute Gasteiger partial charge is 0.134 e. The first-order valence-corrected chi connectivity index (χ1v) is 6.48. The van der Waals surface area contributed by atoms with Gasteiger partial charge in [0.2, 0.25) is 0 Å². The number of hydrogen-bond donors (Lipinski definition) is 1. The van der Waals surface area contributed by atoms with E-state index in [2.05, 4.69) is 29.2 Å². The molecule has 1 aromatic carbocycles. The quantitative estimate of drug-likeness (QED) is 0.818. The average molecular weight is 230 g/mol. The summed E-state index contributed by atoms with van der Waals surface area (Å²) in [4.78, 5) is 4.40. The molecule has 16 heavy (non-hydrogen) atoms. The Kier molecular flexibility index (Phi) is 2.40. The van der Waals surface area contributed by atoms with E-state index in [9.17, 15) is 0 Å². The van der Waals surface area contributed by atoms with E-state index in [-0.39, 0.29) is 0 Å². The maximum absolute atomic E-state index is 5.68. The Morgan fingerprint density at radius 3 is 2.81 bits per heavy atom. The van der Waals surface area contributed by atoms with Crippen LogP contribution in [0.15, 0.2) is 29.6 Å². The largest absolute Gasteiger partial charge is 0.383 e. The van der Waals surface area contributed by atoms with Gasteiger partial charge in [0.05, 0.1) is 5.01 Å². The van der Waals surface area contributed by atoms with Crippen molar-refractivity contribution in [3.8, 4) is 0 Å². The van der Waals surface area contributed by atoms with Crippen molar-refractivity contribution in [2.45, 2.75) is 25.2 Å². The van der Waals surface area contributed by atoms with Crippen LogP contribution in [0, 0.1) is 0 Å². The van der Waals surface area contributed by atoms with E-state index >= 15 is 0 Å². The Labute approximate surface area is 99.1 Å². The molecule has 0 bridgehead atoms. The zero-order valence-corrected chi connectivity index (χ0v) is 9.83. The molecule has 2 N–H and O–H groups in total. The lowest BCUT2D eigenvalue weighted by Crippen LogP contribution is -2.12. The number of thiazole rings is 1. The molecule has 82 valence electrons. The van der Waals surface area contributed by atoms with Gasteiger partial charge in [0.25, 0.3) is 0 Å². The normalized spacial score (nSPS) is 19.4. The van der Waals surface area contributed by atoms with Crippen LogP contribution in [-0.4, -0.2) is 4.98 Å². The van der Waals surface area contributed by atoms with E-state index in [4.69, 9.17) is 5.73 Å². The van der Waals surface area contributed by atoms with Gasteiger partial charge in [-0.15, -0.1) is 11.3 Å². The third-order valence-corrected chi connectivity index (χ3v) is 4.26. The molecular formula is C13H14N2S. The van der Waals surface area contributed by atoms with Gasteiger partial charge in [-0.2, -0.15) is 0 Å². The molecule has 1 atom stereocenters. The van der Waals surface area contributed by atoms with Gasteiger partial charge in [0, 0.05) is 11.3 Å². The summed E-state index contributed by atoms with van der Waals surface area (Å²) in [6.07, 6.45) is 3.48. The molecule has 0 radical (unpaired) electrons. The fourth-order valence-corrected chi connectivity index (χ4v) is 3.24. The summed E-state index contributed by atoms with van der Waals surface area (Å²) in [6, 6.07) is 8.72. The number of rotatable bonds is 1. The molecule has 2 aromatic rings. The molecule has 0 amide bonds. The van der Waals surface area contributed by atoms with E-state index in [1.807, 2.05) is 5.38 Å². The molecule has 1 aliphatic rings. The fourth-order valence-electron chi connectivity index (χ4n) is 2.40. The molecule has 0 saturated heterocycles. The topological polar surface area (TPSA) is 38.9 Å². The number of aromatic nitrogens is 1. The van der Waals surface area contributed by atoms with Crippen molar-refractivity contribution in [3.05, 3.63) is 45.8 Å². The number of nitrogens with zero attached hydrogens (tertiary/aromatic N) is 1. The van der Waals surface area contributed by atoms with Gasteiger partial charge < -0.3 is 5.73 Å². The van der Waals surface area contributed by atoms with Crippen molar-refractivity contribution >= 4 is 17.2 Å². The second-order valence-corrected chi connectivity index (χ2v) is 5.21. The predicted octanol–water partition coefficient (Wildman–Crippen LogP) is 3.00. The van der Waals surface area contributed by atoms with Crippen LogP contribution in [0.4, 0.5) is 5.82 Å². The summed E-state index contributed by atoms with van der Waals surface area (Å²) in [5.41, 5.74) is 8.66. The first-order chi connectivity index (χ1) is 7.83.